The molecule has 0 saturated carbocycles. The number of carbonyl (C=O) groups is 2. The van der Waals surface area contributed by atoms with Crippen molar-refractivity contribution in [2.75, 3.05) is 31.1 Å². The van der Waals surface area contributed by atoms with Gasteiger partial charge in [-0.2, -0.15) is 5.10 Å². The molecule has 0 unspecified atom stereocenters. The second kappa shape index (κ2) is 6.46. The van der Waals surface area contributed by atoms with Gasteiger partial charge in [-0.3, -0.25) is 9.59 Å². The minimum atomic E-state index is -0.221. The summed E-state index contributed by atoms with van der Waals surface area (Å²) in [6, 6.07) is 7.87. The summed E-state index contributed by atoms with van der Waals surface area (Å²) in [5.74, 6) is 0.502. The van der Waals surface area contributed by atoms with Crippen molar-refractivity contribution in [3.8, 4) is 5.75 Å². The number of ether oxygens (including phenoxy) is 1. The molecule has 0 fully saturated rings. The fourth-order valence-corrected chi connectivity index (χ4v) is 2.50. The number of benzene rings is 1. The Morgan fingerprint density at radius 1 is 1.36 bits per heavy atom. The van der Waals surface area contributed by atoms with E-state index in [1.165, 1.54) is 0 Å². The molecule has 0 spiro atoms. The Kier molecular flexibility index (Phi) is 4.22. The lowest BCUT2D eigenvalue weighted by Gasteiger charge is -2.31. The molecule has 7 heteroatoms. The minimum absolute atomic E-state index is 0.151. The highest BCUT2D eigenvalue weighted by atomic mass is 16.5. The number of nitrogens with zero attached hydrogens (tertiary/aromatic N) is 2. The van der Waals surface area contributed by atoms with Gasteiger partial charge >= 0.3 is 0 Å². The Morgan fingerprint density at radius 3 is 3.05 bits per heavy atom. The molecule has 2 N–H and O–H groups in total. The Balaban J connectivity index is 1.52. The molecule has 0 aliphatic carbocycles. The molecule has 2 aliphatic heterocycles. The van der Waals surface area contributed by atoms with Crippen LogP contribution in [-0.2, 0) is 9.59 Å². The van der Waals surface area contributed by atoms with E-state index >= 15 is 0 Å². The standard InChI is InChI=1S/C15H18N4O3/c20-14-6-5-11(17-18-14)15(21)16-7-8-19-9-10-22-13-4-2-1-3-12(13)19/h1-4H,5-10H2,(H,16,21)(H,18,20). The predicted molar refractivity (Wildman–Crippen MR) is 82.0 cm³/mol. The first-order chi connectivity index (χ1) is 10.7. The van der Waals surface area contributed by atoms with Crippen molar-refractivity contribution in [3.05, 3.63) is 24.3 Å². The van der Waals surface area contributed by atoms with E-state index in [9.17, 15) is 9.59 Å². The van der Waals surface area contributed by atoms with E-state index in [2.05, 4.69) is 20.7 Å². The van der Waals surface area contributed by atoms with Gasteiger partial charge in [-0.1, -0.05) is 12.1 Å². The van der Waals surface area contributed by atoms with Crippen molar-refractivity contribution < 1.29 is 14.3 Å². The third-order valence-corrected chi connectivity index (χ3v) is 3.66. The summed E-state index contributed by atoms with van der Waals surface area (Å²) < 4.78 is 5.60. The fourth-order valence-electron chi connectivity index (χ4n) is 2.50. The normalized spacial score (nSPS) is 17.0. The Hall–Kier alpha value is -2.57. The topological polar surface area (TPSA) is 83.0 Å². The molecule has 2 amide bonds. The van der Waals surface area contributed by atoms with Crippen LogP contribution in [0.1, 0.15) is 12.8 Å². The maximum Gasteiger partial charge on any atom is 0.267 e. The summed E-state index contributed by atoms with van der Waals surface area (Å²) in [7, 11) is 0. The van der Waals surface area contributed by atoms with Crippen LogP contribution >= 0.6 is 0 Å². The van der Waals surface area contributed by atoms with Crippen molar-refractivity contribution in [2.24, 2.45) is 5.10 Å². The molecular weight excluding hydrogens is 284 g/mol. The van der Waals surface area contributed by atoms with E-state index in [1.54, 1.807) is 0 Å². The largest absolute Gasteiger partial charge is 0.490 e. The monoisotopic (exact) mass is 302 g/mol. The predicted octanol–water partition coefficient (Wildman–Crippen LogP) is 0.268. The zero-order valence-corrected chi connectivity index (χ0v) is 12.2. The van der Waals surface area contributed by atoms with Crippen molar-refractivity contribution in [3.63, 3.8) is 0 Å². The number of carbonyl (C=O) groups excluding carboxylic acids is 2. The van der Waals surface area contributed by atoms with Gasteiger partial charge in [0, 0.05) is 25.9 Å². The van der Waals surface area contributed by atoms with Crippen LogP contribution in [0.5, 0.6) is 5.75 Å². The molecule has 22 heavy (non-hydrogen) atoms. The van der Waals surface area contributed by atoms with Gasteiger partial charge in [0.25, 0.3) is 5.91 Å². The average molecular weight is 302 g/mol. The molecule has 1 aromatic carbocycles. The first-order valence-electron chi connectivity index (χ1n) is 7.34. The molecule has 2 aliphatic rings. The van der Waals surface area contributed by atoms with Gasteiger partial charge in [0.2, 0.25) is 5.91 Å². The highest BCUT2D eigenvalue weighted by Gasteiger charge is 2.19. The molecule has 0 radical (unpaired) electrons. The molecule has 0 bridgehead atoms. The second-order valence-electron chi connectivity index (χ2n) is 5.15. The maximum absolute atomic E-state index is 12.0. The number of anilines is 1. The van der Waals surface area contributed by atoms with E-state index in [0.29, 0.717) is 38.2 Å². The molecule has 0 saturated heterocycles. The lowest BCUT2D eigenvalue weighted by Crippen LogP contribution is -2.42. The number of nitrogens with one attached hydrogen (secondary N) is 2. The van der Waals surface area contributed by atoms with Crippen molar-refractivity contribution in [1.29, 1.82) is 0 Å². The molecule has 2 heterocycles. The number of para-hydroxylation sites is 2. The second-order valence-corrected chi connectivity index (χ2v) is 5.15. The van der Waals surface area contributed by atoms with Gasteiger partial charge in [-0.05, 0) is 12.1 Å². The van der Waals surface area contributed by atoms with Gasteiger partial charge in [-0.25, -0.2) is 5.43 Å². The molecule has 0 aromatic heterocycles. The van der Waals surface area contributed by atoms with Crippen LogP contribution in [0.2, 0.25) is 0 Å². The number of hydrogen-bond donors (Lipinski definition) is 2. The first-order valence-corrected chi connectivity index (χ1v) is 7.34. The molecule has 3 rings (SSSR count). The summed E-state index contributed by atoms with van der Waals surface area (Å²) in [6.07, 6.45) is 0.696. The lowest BCUT2D eigenvalue weighted by molar-refractivity contribution is -0.121. The van der Waals surface area contributed by atoms with Gasteiger partial charge in [0.05, 0.1) is 12.2 Å². The quantitative estimate of drug-likeness (QED) is 0.836. The minimum Gasteiger partial charge on any atom is -0.490 e. The van der Waals surface area contributed by atoms with Crippen LogP contribution in [0.4, 0.5) is 5.69 Å². The molecule has 7 nitrogen and oxygen atoms in total. The van der Waals surface area contributed by atoms with Crippen LogP contribution in [0.25, 0.3) is 0 Å². The summed E-state index contributed by atoms with van der Waals surface area (Å²) in [6.45, 7) is 2.65. The average Bonchev–Trinajstić information content (AvgIpc) is 2.55. The number of rotatable bonds is 4. The maximum atomic E-state index is 12.0. The number of hydrazone groups is 1. The van der Waals surface area contributed by atoms with Crippen molar-refractivity contribution in [2.45, 2.75) is 12.8 Å². The SMILES string of the molecule is O=C1CCC(C(=O)NCCN2CCOc3ccccc32)=NN1. The first kappa shape index (κ1) is 14.4. The van der Waals surface area contributed by atoms with Crippen molar-refractivity contribution in [1.82, 2.24) is 10.7 Å². The Bertz CT molecular complexity index is 615. The van der Waals surface area contributed by atoms with Gasteiger partial charge in [-0.15, -0.1) is 0 Å². The smallest absolute Gasteiger partial charge is 0.267 e. The van der Waals surface area contributed by atoms with Crippen molar-refractivity contribution >= 4 is 23.2 Å². The number of hydrogen-bond acceptors (Lipinski definition) is 5. The summed E-state index contributed by atoms with van der Waals surface area (Å²) in [5.41, 5.74) is 3.75. The van der Waals surface area contributed by atoms with E-state index in [0.717, 1.165) is 18.0 Å². The molecule has 116 valence electrons. The fraction of sp³-hybridized carbons (Fsp3) is 0.400. The van der Waals surface area contributed by atoms with Crippen LogP contribution in [0, 0.1) is 0 Å². The number of fused-ring (bicyclic) bond motifs is 1. The zero-order chi connectivity index (χ0) is 15.4. The van der Waals surface area contributed by atoms with E-state index in [-0.39, 0.29) is 11.8 Å². The van der Waals surface area contributed by atoms with Crippen LogP contribution in [0.15, 0.2) is 29.4 Å². The zero-order valence-electron chi connectivity index (χ0n) is 12.2. The summed E-state index contributed by atoms with van der Waals surface area (Å²) >= 11 is 0. The van der Waals surface area contributed by atoms with Gasteiger partial charge < -0.3 is 15.0 Å². The third-order valence-electron chi connectivity index (χ3n) is 3.66. The third kappa shape index (κ3) is 3.19. The highest BCUT2D eigenvalue weighted by molar-refractivity contribution is 6.39. The molecule has 0 atom stereocenters. The Morgan fingerprint density at radius 2 is 2.23 bits per heavy atom. The van der Waals surface area contributed by atoms with E-state index in [4.69, 9.17) is 4.74 Å². The molecular formula is C15H18N4O3. The Labute approximate surface area is 128 Å². The lowest BCUT2D eigenvalue weighted by atomic mass is 10.1. The van der Waals surface area contributed by atoms with Crippen LogP contribution < -0.4 is 20.4 Å². The summed E-state index contributed by atoms with van der Waals surface area (Å²) in [4.78, 5) is 25.1. The van der Waals surface area contributed by atoms with E-state index in [1.807, 2.05) is 24.3 Å². The van der Waals surface area contributed by atoms with Crippen LogP contribution in [0.3, 0.4) is 0 Å². The number of amides is 2. The van der Waals surface area contributed by atoms with Crippen LogP contribution in [-0.4, -0.2) is 43.8 Å². The van der Waals surface area contributed by atoms with Gasteiger partial charge in [0.15, 0.2) is 0 Å². The highest BCUT2D eigenvalue weighted by Crippen LogP contribution is 2.30. The summed E-state index contributed by atoms with van der Waals surface area (Å²) in [5, 5.41) is 6.63. The van der Waals surface area contributed by atoms with Gasteiger partial charge in [0.1, 0.15) is 18.1 Å². The molecule has 1 aromatic rings. The van der Waals surface area contributed by atoms with E-state index < -0.39 is 0 Å².